The molecular weight excluding hydrogens is 589 g/mol. The minimum absolute atomic E-state index is 0.126. The van der Waals surface area contributed by atoms with E-state index in [0.717, 1.165) is 51.2 Å². The van der Waals surface area contributed by atoms with Crippen LogP contribution in [0.15, 0.2) is 84.1 Å². The van der Waals surface area contributed by atoms with E-state index in [0.29, 0.717) is 24.1 Å². The molecule has 2 heterocycles. The highest BCUT2D eigenvalue weighted by Gasteiger charge is 2.20. The molecule has 10 heteroatoms. The van der Waals surface area contributed by atoms with E-state index < -0.39 is 17.6 Å². The van der Waals surface area contributed by atoms with E-state index in [2.05, 4.69) is 4.98 Å². The summed E-state index contributed by atoms with van der Waals surface area (Å²) in [5.41, 5.74) is 9.32. The number of benzene rings is 3. The van der Waals surface area contributed by atoms with Crippen LogP contribution in [0.25, 0.3) is 17.0 Å². The lowest BCUT2D eigenvalue weighted by Crippen LogP contribution is -2.08. The molecule has 6 nitrogen and oxygen atoms in total. The average molecular weight is 620 g/mol. The van der Waals surface area contributed by atoms with Crippen molar-refractivity contribution in [2.75, 3.05) is 23.0 Å². The molecule has 43 heavy (non-hydrogen) atoms. The van der Waals surface area contributed by atoms with Gasteiger partial charge in [-0.15, -0.1) is 0 Å². The molecule has 5 rings (SSSR count). The first-order valence-corrected chi connectivity index (χ1v) is 16.1. The van der Waals surface area contributed by atoms with Crippen molar-refractivity contribution in [1.82, 2.24) is 4.98 Å². The monoisotopic (exact) mass is 619 g/mol. The van der Waals surface area contributed by atoms with Gasteiger partial charge >= 0.3 is 5.97 Å². The minimum atomic E-state index is -1.04. The lowest BCUT2D eigenvalue weighted by molar-refractivity contribution is -0.131. The van der Waals surface area contributed by atoms with E-state index in [1.54, 1.807) is 24.0 Å². The third-order valence-electron chi connectivity index (χ3n) is 6.97. The Morgan fingerprint density at radius 1 is 1.02 bits per heavy atom. The van der Waals surface area contributed by atoms with E-state index in [1.807, 2.05) is 42.1 Å². The molecule has 4 N–H and O–H groups in total. The molecule has 1 atom stereocenters. The number of hydrogen-bond donors (Lipinski definition) is 3. The van der Waals surface area contributed by atoms with Gasteiger partial charge in [-0.1, -0.05) is 18.2 Å². The van der Waals surface area contributed by atoms with Crippen LogP contribution < -0.4 is 10.5 Å². The lowest BCUT2D eigenvalue weighted by Gasteiger charge is -2.17. The van der Waals surface area contributed by atoms with Gasteiger partial charge in [0.2, 0.25) is 0 Å². The summed E-state index contributed by atoms with van der Waals surface area (Å²) in [7, 11) is 0. The maximum atomic E-state index is 15.4. The summed E-state index contributed by atoms with van der Waals surface area (Å²) >= 11 is 3.62. The number of carboxylic acids is 1. The number of nitrogens with two attached hydrogens (primary N) is 1. The van der Waals surface area contributed by atoms with Gasteiger partial charge in [-0.05, 0) is 84.2 Å². The van der Waals surface area contributed by atoms with E-state index >= 15 is 8.78 Å². The van der Waals surface area contributed by atoms with Crippen molar-refractivity contribution in [3.05, 3.63) is 113 Å². The molecular formula is C33H31F2N3O3S2. The number of thioether (sulfide) groups is 2. The summed E-state index contributed by atoms with van der Waals surface area (Å²) in [5, 5.41) is 9.95. The summed E-state index contributed by atoms with van der Waals surface area (Å²) in [6.45, 7) is 0. The molecule has 3 aromatic carbocycles. The van der Waals surface area contributed by atoms with Crippen LogP contribution >= 0.6 is 23.5 Å². The molecule has 1 aromatic heterocycles. The van der Waals surface area contributed by atoms with Crippen molar-refractivity contribution < 1.29 is 23.4 Å². The maximum Gasteiger partial charge on any atom is 0.328 e. The molecule has 4 aromatic rings. The second kappa shape index (κ2) is 14.4. The Morgan fingerprint density at radius 3 is 2.67 bits per heavy atom. The number of aryl methyl sites for hydroxylation is 1. The number of ether oxygens (including phenoxy) is 1. The fraction of sp³-hybridized carbons (Fsp3) is 0.212. The number of aliphatic carboxylic acids is 1. The quantitative estimate of drug-likeness (QED) is 0.202. The van der Waals surface area contributed by atoms with Crippen LogP contribution in [-0.2, 0) is 11.2 Å². The number of fused-ring (bicyclic) bond motifs is 5. The minimum Gasteiger partial charge on any atom is -0.478 e. The highest BCUT2D eigenvalue weighted by Crippen LogP contribution is 2.36. The fourth-order valence-corrected chi connectivity index (χ4v) is 7.05. The lowest BCUT2D eigenvalue weighted by atomic mass is 10.0. The summed E-state index contributed by atoms with van der Waals surface area (Å²) in [4.78, 5) is 19.1. The fourth-order valence-electron chi connectivity index (χ4n) is 4.96. The van der Waals surface area contributed by atoms with Crippen LogP contribution in [0.1, 0.15) is 34.7 Å². The Kier molecular flexibility index (Phi) is 10.2. The first kappa shape index (κ1) is 30.4. The van der Waals surface area contributed by atoms with Gasteiger partial charge in [0.05, 0.1) is 11.8 Å². The van der Waals surface area contributed by atoms with Crippen LogP contribution in [0.3, 0.4) is 0 Å². The zero-order chi connectivity index (χ0) is 30.2. The van der Waals surface area contributed by atoms with Gasteiger partial charge in [-0.25, -0.2) is 13.6 Å². The Balaban J connectivity index is 1.59. The number of nitrogens with zero attached hydrogens (tertiary/aromatic N) is 1. The number of carboxylic acid groups (broad SMARTS) is 1. The van der Waals surface area contributed by atoms with Crippen molar-refractivity contribution in [2.45, 2.75) is 18.9 Å². The third-order valence-corrected chi connectivity index (χ3v) is 9.23. The van der Waals surface area contributed by atoms with Gasteiger partial charge < -0.3 is 20.6 Å². The summed E-state index contributed by atoms with van der Waals surface area (Å²) < 4.78 is 36.9. The Bertz CT molecular complexity index is 1700. The van der Waals surface area contributed by atoms with Gasteiger partial charge in [0.15, 0.2) is 11.6 Å². The number of nitrogens with one attached hydrogen (secondary N) is 1. The average Bonchev–Trinajstić information content (AvgIpc) is 3.46. The summed E-state index contributed by atoms with van der Waals surface area (Å²) in [6.07, 6.45) is 8.52. The predicted octanol–water partition coefficient (Wildman–Crippen LogP) is 7.75. The topological polar surface area (TPSA) is 101 Å². The molecule has 0 saturated carbocycles. The molecule has 0 amide bonds. The first-order valence-electron chi connectivity index (χ1n) is 13.8. The number of rotatable bonds is 4. The normalized spacial score (nSPS) is 17.0. The Labute approximate surface area is 257 Å². The van der Waals surface area contributed by atoms with E-state index in [1.165, 1.54) is 36.5 Å². The van der Waals surface area contributed by atoms with Crippen LogP contribution in [0, 0.1) is 11.6 Å². The van der Waals surface area contributed by atoms with E-state index in [4.69, 9.17) is 20.6 Å². The molecule has 1 aliphatic rings. The number of aliphatic imine (C=N–C) groups is 1. The van der Waals surface area contributed by atoms with Gasteiger partial charge in [0.25, 0.3) is 0 Å². The molecule has 2 bridgehead atoms. The smallest absolute Gasteiger partial charge is 0.328 e. The number of allylic oxidation sites excluding steroid dienone is 1. The second-order valence-electron chi connectivity index (χ2n) is 9.84. The van der Waals surface area contributed by atoms with E-state index in [-0.39, 0.29) is 23.1 Å². The van der Waals surface area contributed by atoms with Crippen molar-refractivity contribution in [3.8, 4) is 11.5 Å². The number of aromatic nitrogens is 1. The first-order chi connectivity index (χ1) is 20.9. The van der Waals surface area contributed by atoms with Crippen molar-refractivity contribution in [2.24, 2.45) is 10.7 Å². The van der Waals surface area contributed by atoms with Crippen LogP contribution in [0.4, 0.5) is 8.78 Å². The molecule has 0 radical (unpaired) electrons. The molecule has 0 aliphatic carbocycles. The highest BCUT2D eigenvalue weighted by atomic mass is 32.2. The van der Waals surface area contributed by atoms with Crippen LogP contribution in [-0.4, -0.2) is 44.8 Å². The number of halogens is 2. The molecule has 0 spiro atoms. The van der Waals surface area contributed by atoms with E-state index in [9.17, 15) is 4.79 Å². The van der Waals surface area contributed by atoms with Crippen molar-refractivity contribution in [1.29, 1.82) is 0 Å². The van der Waals surface area contributed by atoms with Gasteiger partial charge in [-0.2, -0.15) is 23.5 Å². The molecule has 1 aliphatic heterocycles. The van der Waals surface area contributed by atoms with Crippen molar-refractivity contribution >= 4 is 52.2 Å². The molecule has 0 fully saturated rings. The zero-order valence-corrected chi connectivity index (χ0v) is 24.9. The Hall–Kier alpha value is -4.02. The second-order valence-corrected chi connectivity index (χ2v) is 12.3. The van der Waals surface area contributed by atoms with Crippen LogP contribution in [0.5, 0.6) is 11.5 Å². The van der Waals surface area contributed by atoms with Crippen LogP contribution in [0.2, 0.25) is 0 Å². The summed E-state index contributed by atoms with van der Waals surface area (Å²) in [6, 6.07) is 14.7. The number of carbonyl (C=O) groups is 1. The van der Waals surface area contributed by atoms with Gasteiger partial charge in [0, 0.05) is 51.9 Å². The zero-order valence-electron chi connectivity index (χ0n) is 23.3. The number of hydrogen-bond acceptors (Lipinski definition) is 6. The number of aromatic amines is 1. The summed E-state index contributed by atoms with van der Waals surface area (Å²) in [5.74, 6) is 1.81. The largest absolute Gasteiger partial charge is 0.478 e. The standard InChI is InChI=1S/C33H31F2N3O3S2/c34-27-6-5-23-19-26(27)30(8-12-36)38-29(22-3-1-2-21(18-22)4-7-32(39)40)11-15-43-17-16-42-14-10-25-24-9-13-37-31(24)20-28(35)33(25)41-23/h1-9,12-13,18-20,29,37H,10-11,14-17,36H2,(H,39,40)/b7-4+,12-8-,38-30?. The predicted molar refractivity (Wildman–Crippen MR) is 173 cm³/mol. The van der Waals surface area contributed by atoms with Crippen molar-refractivity contribution in [3.63, 3.8) is 0 Å². The highest BCUT2D eigenvalue weighted by molar-refractivity contribution is 8.02. The maximum absolute atomic E-state index is 15.4. The molecule has 1 unspecified atom stereocenters. The van der Waals surface area contributed by atoms with Gasteiger partial charge in [0.1, 0.15) is 11.6 Å². The third kappa shape index (κ3) is 7.69. The molecule has 222 valence electrons. The Morgan fingerprint density at radius 2 is 1.86 bits per heavy atom. The van der Waals surface area contributed by atoms with Gasteiger partial charge in [-0.3, -0.25) is 4.99 Å². The molecule has 0 saturated heterocycles. The number of H-pyrrole nitrogens is 1. The SMILES string of the molecule is N/C=C\C1=NC(c2cccc(/C=C/C(=O)O)c2)CCSCCSCCc2c(c(F)cc3[nH]ccc23)Oc2ccc(F)c1c2.